The minimum absolute atomic E-state index is 0.317. The number of nitrogens with zero attached hydrogens (tertiary/aromatic N) is 2. The Bertz CT molecular complexity index is 1310. The van der Waals surface area contributed by atoms with E-state index in [1.807, 2.05) is 61.5 Å². The van der Waals surface area contributed by atoms with E-state index in [9.17, 15) is 5.26 Å². The number of imidazole rings is 1. The number of para-hydroxylation sites is 2. The lowest BCUT2D eigenvalue weighted by Gasteiger charge is -2.15. The molecule has 0 fully saturated rings. The van der Waals surface area contributed by atoms with E-state index in [4.69, 9.17) is 32.7 Å². The highest BCUT2D eigenvalue weighted by molar-refractivity contribution is 8.03. The number of benzene rings is 3. The first-order valence-electron chi connectivity index (χ1n) is 10.1. The summed E-state index contributed by atoms with van der Waals surface area (Å²) < 4.78 is 11.7. The van der Waals surface area contributed by atoms with E-state index in [2.05, 4.69) is 16.0 Å². The Morgan fingerprint density at radius 3 is 2.64 bits per heavy atom. The van der Waals surface area contributed by atoms with Gasteiger partial charge < -0.3 is 14.5 Å². The maximum atomic E-state index is 9.67. The number of rotatable bonds is 8. The van der Waals surface area contributed by atoms with E-state index in [0.29, 0.717) is 44.8 Å². The zero-order valence-corrected chi connectivity index (χ0v) is 20.0. The zero-order chi connectivity index (χ0) is 23.2. The normalized spacial score (nSPS) is 11.4. The molecule has 166 valence electrons. The number of halogens is 2. The Morgan fingerprint density at radius 1 is 1.12 bits per heavy atom. The summed E-state index contributed by atoms with van der Waals surface area (Å²) in [7, 11) is 0. The van der Waals surface area contributed by atoms with Crippen LogP contribution < -0.4 is 9.47 Å². The first-order valence-corrected chi connectivity index (χ1v) is 11.7. The topological polar surface area (TPSA) is 70.9 Å². The van der Waals surface area contributed by atoms with Crippen LogP contribution in [0.3, 0.4) is 0 Å². The van der Waals surface area contributed by atoms with Gasteiger partial charge in [-0.15, -0.1) is 0 Å². The van der Waals surface area contributed by atoms with Gasteiger partial charge in [0.1, 0.15) is 12.7 Å². The lowest BCUT2D eigenvalue weighted by molar-refractivity contribution is 0.269. The second-order valence-electron chi connectivity index (χ2n) is 6.96. The number of nitrogens with one attached hydrogen (secondary N) is 1. The van der Waals surface area contributed by atoms with E-state index in [1.165, 1.54) is 11.8 Å². The monoisotopic (exact) mass is 495 g/mol. The Labute approximate surface area is 206 Å². The summed E-state index contributed by atoms with van der Waals surface area (Å²) in [6, 6.07) is 20.9. The molecule has 33 heavy (non-hydrogen) atoms. The third kappa shape index (κ3) is 5.82. The molecule has 0 saturated carbocycles. The second kappa shape index (κ2) is 10.7. The van der Waals surface area contributed by atoms with Crippen LogP contribution in [0, 0.1) is 11.3 Å². The van der Waals surface area contributed by atoms with E-state index in [-0.39, 0.29) is 0 Å². The lowest BCUT2D eigenvalue weighted by Crippen LogP contribution is -2.01. The average molecular weight is 496 g/mol. The van der Waals surface area contributed by atoms with Crippen molar-refractivity contribution in [3.8, 4) is 17.6 Å². The van der Waals surface area contributed by atoms with Crippen molar-refractivity contribution in [2.75, 3.05) is 6.61 Å². The van der Waals surface area contributed by atoms with Gasteiger partial charge in [-0.2, -0.15) is 5.26 Å². The predicted molar refractivity (Wildman–Crippen MR) is 134 cm³/mol. The van der Waals surface area contributed by atoms with Crippen LogP contribution in [0.15, 0.2) is 70.7 Å². The molecule has 0 aliphatic carbocycles. The van der Waals surface area contributed by atoms with Gasteiger partial charge in [-0.05, 0) is 72.3 Å². The molecule has 1 aromatic heterocycles. The Hall–Kier alpha value is -3.11. The third-order valence-corrected chi connectivity index (χ3v) is 5.96. The number of fused-ring (bicyclic) bond motifs is 1. The third-order valence-electron chi connectivity index (χ3n) is 4.61. The molecule has 0 aliphatic rings. The molecule has 1 N–H and O–H groups in total. The first-order chi connectivity index (χ1) is 16.1. The summed E-state index contributed by atoms with van der Waals surface area (Å²) in [6.45, 7) is 2.65. The van der Waals surface area contributed by atoms with Crippen molar-refractivity contribution in [1.29, 1.82) is 5.26 Å². The van der Waals surface area contributed by atoms with Gasteiger partial charge in [0.15, 0.2) is 16.7 Å². The van der Waals surface area contributed by atoms with Gasteiger partial charge in [-0.3, -0.25) is 0 Å². The fraction of sp³-hybridized carbons (Fsp3) is 0.120. The molecule has 0 aliphatic heterocycles. The Balaban J connectivity index is 1.57. The number of nitriles is 1. The van der Waals surface area contributed by atoms with Crippen LogP contribution in [-0.2, 0) is 6.61 Å². The van der Waals surface area contributed by atoms with Crippen LogP contribution in [0.5, 0.6) is 11.5 Å². The number of thioether (sulfide) groups is 1. The van der Waals surface area contributed by atoms with Gasteiger partial charge >= 0.3 is 0 Å². The van der Waals surface area contributed by atoms with Crippen molar-refractivity contribution < 1.29 is 9.47 Å². The predicted octanol–water partition coefficient (Wildman–Crippen LogP) is 7.50. The second-order valence-corrected chi connectivity index (χ2v) is 8.83. The Morgan fingerprint density at radius 2 is 1.91 bits per heavy atom. The molecular weight excluding hydrogens is 477 g/mol. The van der Waals surface area contributed by atoms with E-state index in [0.717, 1.165) is 22.2 Å². The standard InChI is InChI=1S/C25H19Cl2N3O2S/c1-2-31-23-13-17(12-20(27)24(23)32-15-16-7-9-18(26)10-8-16)11-19(14-28)33-25-29-21-5-3-4-6-22(21)30-25/h3-13H,2,15H2,1H3,(H,29,30)/b19-11+. The molecule has 0 saturated heterocycles. The quantitative estimate of drug-likeness (QED) is 0.202. The van der Waals surface area contributed by atoms with E-state index >= 15 is 0 Å². The van der Waals surface area contributed by atoms with Crippen LogP contribution in [0.4, 0.5) is 0 Å². The molecule has 5 nitrogen and oxygen atoms in total. The molecule has 0 spiro atoms. The molecule has 0 radical (unpaired) electrons. The molecule has 0 amide bonds. The van der Waals surface area contributed by atoms with Gasteiger partial charge in [0.05, 0.1) is 27.6 Å². The molecule has 8 heteroatoms. The summed E-state index contributed by atoms with van der Waals surface area (Å²) in [4.78, 5) is 8.19. The number of allylic oxidation sites excluding steroid dienone is 1. The first kappa shape index (κ1) is 23.1. The van der Waals surface area contributed by atoms with Gasteiger partial charge in [-0.25, -0.2) is 4.98 Å². The van der Waals surface area contributed by atoms with Crippen molar-refractivity contribution in [1.82, 2.24) is 9.97 Å². The maximum absolute atomic E-state index is 9.67. The van der Waals surface area contributed by atoms with Gasteiger partial charge in [0, 0.05) is 5.02 Å². The molecular formula is C25H19Cl2N3O2S. The SMILES string of the molecule is CCOc1cc(/C=C(\C#N)Sc2nc3ccccc3[nH]2)cc(Cl)c1OCc1ccc(Cl)cc1. The van der Waals surface area contributed by atoms with Crippen LogP contribution >= 0.6 is 35.0 Å². The van der Waals surface area contributed by atoms with Crippen molar-refractivity contribution >= 4 is 52.1 Å². The van der Waals surface area contributed by atoms with Crippen LogP contribution in [0.2, 0.25) is 10.0 Å². The zero-order valence-electron chi connectivity index (χ0n) is 17.6. The number of H-pyrrole nitrogens is 1. The van der Waals surface area contributed by atoms with Gasteiger partial charge in [0.2, 0.25) is 0 Å². The molecule has 0 bridgehead atoms. The fourth-order valence-corrected chi connectivity index (χ4v) is 4.28. The minimum atomic E-state index is 0.317. The minimum Gasteiger partial charge on any atom is -0.490 e. The summed E-state index contributed by atoms with van der Waals surface area (Å²) in [5.41, 5.74) is 3.45. The summed E-state index contributed by atoms with van der Waals surface area (Å²) in [5.74, 6) is 0.963. The summed E-state index contributed by atoms with van der Waals surface area (Å²) >= 11 is 13.7. The highest BCUT2D eigenvalue weighted by Gasteiger charge is 2.14. The molecule has 0 unspecified atom stereocenters. The molecule has 4 rings (SSSR count). The van der Waals surface area contributed by atoms with Crippen molar-refractivity contribution in [2.45, 2.75) is 18.7 Å². The fourth-order valence-electron chi connectivity index (χ4n) is 3.13. The van der Waals surface area contributed by atoms with Gasteiger partial charge in [0.25, 0.3) is 0 Å². The number of aromatic nitrogens is 2. The maximum Gasteiger partial charge on any atom is 0.180 e. The van der Waals surface area contributed by atoms with Crippen molar-refractivity contribution in [3.63, 3.8) is 0 Å². The molecule has 1 heterocycles. The highest BCUT2D eigenvalue weighted by Crippen LogP contribution is 2.38. The number of hydrogen-bond donors (Lipinski definition) is 1. The molecule has 0 atom stereocenters. The van der Waals surface area contributed by atoms with Crippen LogP contribution in [0.1, 0.15) is 18.1 Å². The highest BCUT2D eigenvalue weighted by atomic mass is 35.5. The lowest BCUT2D eigenvalue weighted by atomic mass is 10.2. The van der Waals surface area contributed by atoms with Crippen LogP contribution in [-0.4, -0.2) is 16.6 Å². The number of ether oxygens (including phenoxy) is 2. The Kier molecular flexibility index (Phi) is 7.46. The smallest absolute Gasteiger partial charge is 0.180 e. The van der Waals surface area contributed by atoms with Gasteiger partial charge in [-0.1, -0.05) is 47.5 Å². The van der Waals surface area contributed by atoms with Crippen molar-refractivity contribution in [3.05, 3.63) is 86.7 Å². The number of aromatic amines is 1. The van der Waals surface area contributed by atoms with E-state index in [1.54, 1.807) is 12.1 Å². The van der Waals surface area contributed by atoms with E-state index < -0.39 is 0 Å². The molecule has 4 aromatic rings. The number of hydrogen-bond acceptors (Lipinski definition) is 5. The van der Waals surface area contributed by atoms with Crippen LogP contribution in [0.25, 0.3) is 17.1 Å². The summed E-state index contributed by atoms with van der Waals surface area (Å²) in [5, 5.41) is 11.4. The average Bonchev–Trinajstić information content (AvgIpc) is 3.22. The van der Waals surface area contributed by atoms with Crippen molar-refractivity contribution in [2.24, 2.45) is 0 Å². The molecule has 3 aromatic carbocycles. The summed E-state index contributed by atoms with van der Waals surface area (Å²) in [6.07, 6.45) is 1.75. The largest absolute Gasteiger partial charge is 0.490 e.